The van der Waals surface area contributed by atoms with Crippen LogP contribution in [0.1, 0.15) is 67.3 Å². The Morgan fingerprint density at radius 3 is 2.39 bits per heavy atom. The van der Waals surface area contributed by atoms with Crippen LogP contribution < -0.4 is 5.32 Å². The van der Waals surface area contributed by atoms with E-state index in [0.29, 0.717) is 19.4 Å². The predicted molar refractivity (Wildman–Crippen MR) is 99.7 cm³/mol. The molecule has 1 aliphatic carbocycles. The third-order valence-corrected chi connectivity index (χ3v) is 5.72. The van der Waals surface area contributed by atoms with Gasteiger partial charge in [0.2, 0.25) is 5.91 Å². The van der Waals surface area contributed by atoms with Gasteiger partial charge in [0.1, 0.15) is 0 Å². The van der Waals surface area contributed by atoms with Crippen LogP contribution in [0.25, 0.3) is 0 Å². The molecule has 0 radical (unpaired) electrons. The summed E-state index contributed by atoms with van der Waals surface area (Å²) in [6, 6.07) is 4.68. The van der Waals surface area contributed by atoms with Crippen LogP contribution in [0.15, 0.2) is 24.3 Å². The Hall–Kier alpha value is -2.05. The van der Waals surface area contributed by atoms with Crippen LogP contribution in [0.5, 0.6) is 0 Å². The second kappa shape index (κ2) is 8.97. The van der Waals surface area contributed by atoms with E-state index in [1.165, 1.54) is 29.9 Å². The molecule has 1 aromatic carbocycles. The van der Waals surface area contributed by atoms with Gasteiger partial charge < -0.3 is 10.2 Å². The van der Waals surface area contributed by atoms with Crippen molar-refractivity contribution in [3.05, 3.63) is 35.4 Å². The first-order valence-corrected chi connectivity index (χ1v) is 10.1. The van der Waals surface area contributed by atoms with Crippen molar-refractivity contribution in [2.75, 3.05) is 13.1 Å². The first-order valence-electron chi connectivity index (χ1n) is 10.1. The lowest BCUT2D eigenvalue weighted by Gasteiger charge is -2.33. The van der Waals surface area contributed by atoms with Gasteiger partial charge in [-0.1, -0.05) is 31.7 Å². The number of hydrogen-bond acceptors (Lipinski definition) is 2. The number of carbonyl (C=O) groups is 2. The normalized spacial score (nSPS) is 21.8. The topological polar surface area (TPSA) is 49.4 Å². The van der Waals surface area contributed by atoms with Crippen molar-refractivity contribution < 1.29 is 22.8 Å². The van der Waals surface area contributed by atoms with Gasteiger partial charge in [-0.15, -0.1) is 0 Å². The smallest absolute Gasteiger partial charge is 0.353 e. The number of hydrogen-bond donors (Lipinski definition) is 1. The molecule has 1 unspecified atom stereocenters. The van der Waals surface area contributed by atoms with Gasteiger partial charge in [-0.3, -0.25) is 9.59 Å². The lowest BCUT2D eigenvalue weighted by Crippen LogP contribution is -2.47. The van der Waals surface area contributed by atoms with Gasteiger partial charge in [-0.2, -0.15) is 13.2 Å². The molecule has 0 aromatic heterocycles. The van der Waals surface area contributed by atoms with E-state index in [-0.39, 0.29) is 30.0 Å². The van der Waals surface area contributed by atoms with Gasteiger partial charge >= 0.3 is 6.18 Å². The first-order chi connectivity index (χ1) is 13.3. The number of halogens is 3. The zero-order chi connectivity index (χ0) is 20.1. The molecule has 0 spiro atoms. The second-order valence-corrected chi connectivity index (χ2v) is 7.87. The van der Waals surface area contributed by atoms with E-state index in [1.54, 1.807) is 0 Å². The number of alkyl halides is 3. The quantitative estimate of drug-likeness (QED) is 0.770. The van der Waals surface area contributed by atoms with Crippen molar-refractivity contribution >= 4 is 11.8 Å². The monoisotopic (exact) mass is 396 g/mol. The minimum Gasteiger partial charge on any atom is -0.353 e. The highest BCUT2D eigenvalue weighted by Gasteiger charge is 2.33. The fraction of sp³-hybridized carbons (Fsp3) is 0.619. The maximum absolute atomic E-state index is 12.9. The van der Waals surface area contributed by atoms with Gasteiger partial charge in [-0.25, -0.2) is 0 Å². The van der Waals surface area contributed by atoms with E-state index in [1.807, 2.05) is 0 Å². The summed E-state index contributed by atoms with van der Waals surface area (Å²) >= 11 is 0. The van der Waals surface area contributed by atoms with Crippen molar-refractivity contribution in [2.24, 2.45) is 5.92 Å². The van der Waals surface area contributed by atoms with Gasteiger partial charge in [-0.05, 0) is 43.9 Å². The predicted octanol–water partition coefficient (Wildman–Crippen LogP) is 4.40. The molecule has 2 amide bonds. The molecular weight excluding hydrogens is 369 g/mol. The zero-order valence-electron chi connectivity index (χ0n) is 15.9. The molecule has 1 aliphatic heterocycles. The molecule has 28 heavy (non-hydrogen) atoms. The summed E-state index contributed by atoms with van der Waals surface area (Å²) in [4.78, 5) is 26.9. The van der Waals surface area contributed by atoms with E-state index in [0.717, 1.165) is 37.8 Å². The van der Waals surface area contributed by atoms with E-state index >= 15 is 0 Å². The minimum absolute atomic E-state index is 0.0136. The van der Waals surface area contributed by atoms with E-state index in [9.17, 15) is 22.8 Å². The largest absolute Gasteiger partial charge is 0.416 e. The SMILES string of the molecule is O=C(NC1CCCCCC1)C1CCCN(C(=O)c2cccc(C(F)(F)F)c2)C1. The summed E-state index contributed by atoms with van der Waals surface area (Å²) in [5.41, 5.74) is -0.822. The fourth-order valence-electron chi connectivity index (χ4n) is 4.13. The lowest BCUT2D eigenvalue weighted by molar-refractivity contribution is -0.137. The third-order valence-electron chi connectivity index (χ3n) is 5.72. The number of piperidine rings is 1. The van der Waals surface area contributed by atoms with Gasteiger partial charge in [0.15, 0.2) is 0 Å². The van der Waals surface area contributed by atoms with Crippen LogP contribution in [-0.4, -0.2) is 35.8 Å². The average Bonchev–Trinajstić information content (AvgIpc) is 2.95. The Morgan fingerprint density at radius 2 is 1.71 bits per heavy atom. The van der Waals surface area contributed by atoms with E-state index in [4.69, 9.17) is 0 Å². The number of carbonyl (C=O) groups excluding carboxylic acids is 2. The van der Waals surface area contributed by atoms with Crippen LogP contribution in [0.2, 0.25) is 0 Å². The molecule has 4 nitrogen and oxygen atoms in total. The molecule has 1 aromatic rings. The molecule has 1 saturated carbocycles. The summed E-state index contributed by atoms with van der Waals surface area (Å²) in [6.07, 6.45) is 3.52. The summed E-state index contributed by atoms with van der Waals surface area (Å²) in [5, 5.41) is 3.13. The molecule has 7 heteroatoms. The van der Waals surface area contributed by atoms with Crippen molar-refractivity contribution in [2.45, 2.75) is 63.6 Å². The number of benzene rings is 1. The van der Waals surface area contributed by atoms with Gasteiger partial charge in [0, 0.05) is 24.7 Å². The van der Waals surface area contributed by atoms with Crippen molar-refractivity contribution in [3.63, 3.8) is 0 Å². The molecule has 3 rings (SSSR count). The molecule has 0 bridgehead atoms. The van der Waals surface area contributed by atoms with E-state index in [2.05, 4.69) is 5.32 Å². The Kier molecular flexibility index (Phi) is 6.62. The molecule has 1 N–H and O–H groups in total. The van der Waals surface area contributed by atoms with Crippen LogP contribution >= 0.6 is 0 Å². The maximum atomic E-state index is 12.9. The van der Waals surface area contributed by atoms with Crippen molar-refractivity contribution in [1.82, 2.24) is 10.2 Å². The number of amides is 2. The van der Waals surface area contributed by atoms with Crippen LogP contribution in [-0.2, 0) is 11.0 Å². The number of rotatable bonds is 3. The molecular formula is C21H27F3N2O2. The third kappa shape index (κ3) is 5.26. The highest BCUT2D eigenvalue weighted by atomic mass is 19.4. The van der Waals surface area contributed by atoms with Crippen LogP contribution in [0.4, 0.5) is 13.2 Å². The van der Waals surface area contributed by atoms with Crippen LogP contribution in [0.3, 0.4) is 0 Å². The first kappa shape index (κ1) is 20.7. The molecule has 2 aliphatic rings. The second-order valence-electron chi connectivity index (χ2n) is 7.87. The van der Waals surface area contributed by atoms with E-state index < -0.39 is 17.6 Å². The van der Waals surface area contributed by atoms with Gasteiger partial charge in [0.25, 0.3) is 5.91 Å². The van der Waals surface area contributed by atoms with Gasteiger partial charge in [0.05, 0.1) is 11.5 Å². The molecule has 1 heterocycles. The van der Waals surface area contributed by atoms with Crippen LogP contribution in [0, 0.1) is 5.92 Å². The molecule has 1 atom stereocenters. The standard InChI is InChI=1S/C21H27F3N2O2/c22-21(23,24)17-9-5-7-15(13-17)20(28)26-12-6-8-16(14-26)19(27)25-18-10-3-1-2-4-11-18/h5,7,9,13,16,18H,1-4,6,8,10-12,14H2,(H,25,27). The Balaban J connectivity index is 1.62. The molecule has 154 valence electrons. The Labute approximate surface area is 163 Å². The Bertz CT molecular complexity index is 697. The summed E-state index contributed by atoms with van der Waals surface area (Å²) in [6.45, 7) is 0.718. The van der Waals surface area contributed by atoms with Crippen molar-refractivity contribution in [1.29, 1.82) is 0 Å². The zero-order valence-corrected chi connectivity index (χ0v) is 15.9. The highest BCUT2D eigenvalue weighted by Crippen LogP contribution is 2.30. The molecule has 2 fully saturated rings. The van der Waals surface area contributed by atoms with Crippen molar-refractivity contribution in [3.8, 4) is 0 Å². The maximum Gasteiger partial charge on any atom is 0.416 e. The average molecular weight is 396 g/mol. The summed E-state index contributed by atoms with van der Waals surface area (Å²) < 4.78 is 38.7. The Morgan fingerprint density at radius 1 is 1.00 bits per heavy atom. The number of likely N-dealkylation sites (tertiary alicyclic amines) is 1. The molecule has 1 saturated heterocycles. The summed E-state index contributed by atoms with van der Waals surface area (Å²) in [7, 11) is 0. The fourth-order valence-corrected chi connectivity index (χ4v) is 4.13. The summed E-state index contributed by atoms with van der Waals surface area (Å²) in [5.74, 6) is -0.779. The number of nitrogens with zero attached hydrogens (tertiary/aromatic N) is 1. The number of nitrogens with one attached hydrogen (secondary N) is 1. The lowest BCUT2D eigenvalue weighted by atomic mass is 9.95. The highest BCUT2D eigenvalue weighted by molar-refractivity contribution is 5.95. The minimum atomic E-state index is -4.49.